The maximum absolute atomic E-state index is 14.4. The third-order valence-corrected chi connectivity index (χ3v) is 11.1. The molecule has 0 bridgehead atoms. The van der Waals surface area contributed by atoms with Gasteiger partial charge in [-0.25, -0.2) is 13.2 Å². The number of fused-ring (bicyclic) bond motifs is 1. The van der Waals surface area contributed by atoms with Crippen molar-refractivity contribution >= 4 is 38.6 Å². The van der Waals surface area contributed by atoms with Gasteiger partial charge in [0.15, 0.2) is 4.90 Å². The third kappa shape index (κ3) is 4.23. The van der Waals surface area contributed by atoms with Crippen molar-refractivity contribution in [2.75, 3.05) is 52.5 Å². The van der Waals surface area contributed by atoms with Crippen LogP contribution in [0.15, 0.2) is 65.7 Å². The summed E-state index contributed by atoms with van der Waals surface area (Å²) in [4.78, 5) is 48.6. The Morgan fingerprint density at radius 1 is 1.02 bits per heavy atom. The number of ether oxygens (including phenoxy) is 1. The van der Waals surface area contributed by atoms with Crippen molar-refractivity contribution in [1.29, 1.82) is 0 Å². The number of rotatable bonds is 7. The summed E-state index contributed by atoms with van der Waals surface area (Å²) < 4.78 is 34.3. The molecular weight excluding hydrogens is 576 g/mol. The summed E-state index contributed by atoms with van der Waals surface area (Å²) in [7, 11) is -4.35. The highest BCUT2D eigenvalue weighted by Gasteiger charge is 2.71. The Labute approximate surface area is 247 Å². The molecule has 1 unspecified atom stereocenters. The number of aromatic nitrogens is 1. The van der Waals surface area contributed by atoms with Crippen LogP contribution < -0.4 is 0 Å². The van der Waals surface area contributed by atoms with E-state index in [9.17, 15) is 28.1 Å². The highest BCUT2D eigenvalue weighted by atomic mass is 32.2. The summed E-state index contributed by atoms with van der Waals surface area (Å²) in [5.74, 6) is -0.927. The molecule has 4 saturated heterocycles. The van der Waals surface area contributed by atoms with Crippen molar-refractivity contribution in [1.82, 2.24) is 24.0 Å². The molecular formula is C29H30N6O7S. The number of benzene rings is 2. The maximum Gasteiger partial charge on any atom is 0.328 e. The molecule has 5 heterocycles. The molecule has 1 aromatic heterocycles. The fourth-order valence-electron chi connectivity index (χ4n) is 7.24. The lowest BCUT2D eigenvalue weighted by Gasteiger charge is -2.32. The number of imide groups is 1. The van der Waals surface area contributed by atoms with E-state index in [4.69, 9.17) is 4.74 Å². The Morgan fingerprint density at radius 2 is 1.77 bits per heavy atom. The summed E-state index contributed by atoms with van der Waals surface area (Å²) in [5, 5.41) is 12.6. The Bertz CT molecular complexity index is 1740. The van der Waals surface area contributed by atoms with E-state index in [1.54, 1.807) is 11.1 Å². The van der Waals surface area contributed by atoms with Gasteiger partial charge in [-0.3, -0.25) is 29.7 Å². The van der Waals surface area contributed by atoms with E-state index in [1.807, 2.05) is 30.3 Å². The first-order chi connectivity index (χ1) is 20.7. The molecule has 7 rings (SSSR count). The number of hydrogen-bond acceptors (Lipinski definition) is 9. The number of pyridine rings is 1. The van der Waals surface area contributed by atoms with Gasteiger partial charge in [0.1, 0.15) is 5.54 Å². The summed E-state index contributed by atoms with van der Waals surface area (Å²) in [6, 6.07) is 13.7. The first-order valence-electron chi connectivity index (χ1n) is 14.3. The first-order valence-corrected chi connectivity index (χ1v) is 15.7. The van der Waals surface area contributed by atoms with Crippen LogP contribution in [-0.2, 0) is 19.6 Å². The summed E-state index contributed by atoms with van der Waals surface area (Å²) >= 11 is 0. The van der Waals surface area contributed by atoms with E-state index in [0.29, 0.717) is 39.3 Å². The minimum absolute atomic E-state index is 0.0410. The normalized spacial score (nSPS) is 26.3. The predicted octanol–water partition coefficient (Wildman–Crippen LogP) is 2.24. The van der Waals surface area contributed by atoms with Gasteiger partial charge in [-0.2, -0.15) is 4.31 Å². The van der Waals surface area contributed by atoms with Gasteiger partial charge in [-0.1, -0.05) is 30.3 Å². The zero-order valence-corrected chi connectivity index (χ0v) is 24.1. The molecule has 224 valence electrons. The van der Waals surface area contributed by atoms with E-state index < -0.39 is 55.0 Å². The minimum atomic E-state index is -4.35. The number of morpholine rings is 1. The number of nitrogens with zero attached hydrogens (tertiary/aromatic N) is 6. The quantitative estimate of drug-likeness (QED) is 0.224. The minimum Gasteiger partial charge on any atom is -0.379 e. The largest absolute Gasteiger partial charge is 0.379 e. The van der Waals surface area contributed by atoms with E-state index in [2.05, 4.69) is 9.88 Å². The lowest BCUT2D eigenvalue weighted by molar-refractivity contribution is -0.387. The lowest BCUT2D eigenvalue weighted by atomic mass is 9.87. The zero-order valence-electron chi connectivity index (χ0n) is 23.2. The number of nitro groups is 1. The SMILES string of the molecule is O=C1N(CCN2CCOCC2)C(=O)[C@@]23CN(S(=O)(=O)c4ccccc4[N+](=O)[O-])C[C@H]2CC(c2ccnc4ccccc24)N13. The number of amides is 3. The van der Waals surface area contributed by atoms with Crippen LogP contribution >= 0.6 is 0 Å². The fraction of sp³-hybridized carbons (Fsp3) is 0.414. The topological polar surface area (TPSA) is 146 Å². The molecule has 0 saturated carbocycles. The molecule has 0 aliphatic carbocycles. The zero-order chi connectivity index (χ0) is 29.9. The van der Waals surface area contributed by atoms with Gasteiger partial charge in [0.05, 0.1) is 29.7 Å². The average molecular weight is 607 g/mol. The van der Waals surface area contributed by atoms with E-state index >= 15 is 0 Å². The van der Waals surface area contributed by atoms with Crippen LogP contribution in [0.4, 0.5) is 10.5 Å². The molecule has 3 atom stereocenters. The Morgan fingerprint density at radius 3 is 2.56 bits per heavy atom. The van der Waals surface area contributed by atoms with Crippen LogP contribution in [0, 0.1) is 16.0 Å². The molecule has 0 radical (unpaired) electrons. The van der Waals surface area contributed by atoms with Crippen LogP contribution in [0.1, 0.15) is 18.0 Å². The van der Waals surface area contributed by atoms with Gasteiger partial charge < -0.3 is 9.64 Å². The van der Waals surface area contributed by atoms with Gasteiger partial charge in [0, 0.05) is 62.8 Å². The molecule has 4 fully saturated rings. The monoisotopic (exact) mass is 606 g/mol. The van der Waals surface area contributed by atoms with E-state index in [1.165, 1.54) is 23.1 Å². The Hall–Kier alpha value is -3.98. The summed E-state index contributed by atoms with van der Waals surface area (Å²) in [6.45, 7) is 2.89. The van der Waals surface area contributed by atoms with Crippen LogP contribution in [0.5, 0.6) is 0 Å². The lowest BCUT2D eigenvalue weighted by Crippen LogP contribution is -2.52. The number of nitro benzene ring substituents is 1. The van der Waals surface area contributed by atoms with Crippen LogP contribution in [0.3, 0.4) is 0 Å². The van der Waals surface area contributed by atoms with Gasteiger partial charge in [0.25, 0.3) is 11.6 Å². The number of sulfonamides is 1. The molecule has 3 amide bonds. The molecule has 2 aromatic carbocycles. The van der Waals surface area contributed by atoms with E-state index in [0.717, 1.165) is 26.8 Å². The fourth-order valence-corrected chi connectivity index (χ4v) is 8.92. The molecule has 14 heteroatoms. The van der Waals surface area contributed by atoms with E-state index in [-0.39, 0.29) is 19.6 Å². The number of carbonyl (C=O) groups excluding carboxylic acids is 2. The maximum atomic E-state index is 14.4. The second kappa shape index (κ2) is 10.3. The summed E-state index contributed by atoms with van der Waals surface area (Å²) in [6.07, 6.45) is 2.05. The molecule has 0 N–H and O–H groups in total. The molecule has 13 nitrogen and oxygen atoms in total. The Kier molecular flexibility index (Phi) is 6.69. The number of hydrogen-bond donors (Lipinski definition) is 0. The van der Waals surface area contributed by atoms with Gasteiger partial charge in [0.2, 0.25) is 10.0 Å². The van der Waals surface area contributed by atoms with Crippen LogP contribution in [-0.4, -0.2) is 107 Å². The van der Waals surface area contributed by atoms with Crippen LogP contribution in [0.2, 0.25) is 0 Å². The number of para-hydroxylation sites is 2. The van der Waals surface area contributed by atoms with Crippen molar-refractivity contribution in [3.8, 4) is 0 Å². The molecule has 4 aliphatic rings. The molecule has 43 heavy (non-hydrogen) atoms. The van der Waals surface area contributed by atoms with Crippen molar-refractivity contribution in [3.63, 3.8) is 0 Å². The molecule has 4 aliphatic heterocycles. The van der Waals surface area contributed by atoms with Crippen molar-refractivity contribution in [2.45, 2.75) is 22.9 Å². The molecule has 1 spiro atoms. The van der Waals surface area contributed by atoms with Gasteiger partial charge in [-0.15, -0.1) is 0 Å². The smallest absolute Gasteiger partial charge is 0.328 e. The highest BCUT2D eigenvalue weighted by molar-refractivity contribution is 7.89. The molecule has 3 aromatic rings. The van der Waals surface area contributed by atoms with Crippen molar-refractivity contribution < 1.29 is 27.7 Å². The van der Waals surface area contributed by atoms with Crippen molar-refractivity contribution in [3.05, 3.63) is 76.5 Å². The Balaban J connectivity index is 1.28. The summed E-state index contributed by atoms with van der Waals surface area (Å²) in [5.41, 5.74) is -0.346. The second-order valence-corrected chi connectivity index (χ2v) is 13.3. The third-order valence-electron chi connectivity index (χ3n) is 9.28. The van der Waals surface area contributed by atoms with Crippen molar-refractivity contribution in [2.24, 2.45) is 5.92 Å². The average Bonchev–Trinajstić information content (AvgIpc) is 3.62. The number of carbonyl (C=O) groups is 2. The second-order valence-electron chi connectivity index (χ2n) is 11.4. The van der Waals surface area contributed by atoms with Crippen LogP contribution in [0.25, 0.3) is 10.9 Å². The predicted molar refractivity (Wildman–Crippen MR) is 153 cm³/mol. The van der Waals surface area contributed by atoms with Gasteiger partial charge >= 0.3 is 6.03 Å². The standard InChI is InChI=1S/C29H30N6O7S/c36-27-29-19-32(43(40,41)26-8-4-3-7-24(26)35(38)39)18-20(29)17-25(22-9-10-30-23-6-2-1-5-21(22)23)34(29)28(37)33(27)12-11-31-13-15-42-16-14-31/h1-10,20,25H,11-19H2/t20-,25?,29-/m1/s1. The first kappa shape index (κ1) is 27.8. The number of urea groups is 1. The highest BCUT2D eigenvalue weighted by Crippen LogP contribution is 2.56. The van der Waals surface area contributed by atoms with Gasteiger partial charge in [-0.05, 0) is 30.2 Å².